The van der Waals surface area contributed by atoms with Crippen molar-refractivity contribution in [2.24, 2.45) is 0 Å². The average molecular weight is 319 g/mol. The Bertz CT molecular complexity index is 791. The number of hydrogen-bond acceptors (Lipinski definition) is 1. The summed E-state index contributed by atoms with van der Waals surface area (Å²) in [5, 5.41) is 2.73. The fourth-order valence-corrected chi connectivity index (χ4v) is 2.73. The molecule has 0 aliphatic heterocycles. The van der Waals surface area contributed by atoms with E-state index < -0.39 is 11.7 Å². The largest absolute Gasteiger partial charge is 0.323 e. The highest BCUT2D eigenvalue weighted by atomic mass is 19.1. The van der Waals surface area contributed by atoms with Crippen molar-refractivity contribution in [3.8, 4) is 0 Å². The van der Waals surface area contributed by atoms with Gasteiger partial charge in [0.05, 0.1) is 11.6 Å². The Balaban J connectivity index is 1.97. The van der Waals surface area contributed by atoms with Crippen LogP contribution >= 0.6 is 0 Å². The van der Waals surface area contributed by atoms with E-state index in [0.29, 0.717) is 0 Å². The first-order valence-electron chi connectivity index (χ1n) is 7.82. The molecule has 0 bridgehead atoms. The van der Waals surface area contributed by atoms with Crippen molar-refractivity contribution in [2.75, 3.05) is 5.32 Å². The monoisotopic (exact) mass is 319 g/mol. The van der Waals surface area contributed by atoms with Gasteiger partial charge in [-0.1, -0.05) is 66.7 Å². The molecule has 24 heavy (non-hydrogen) atoms. The molecule has 0 radical (unpaired) electrons. The van der Waals surface area contributed by atoms with Crippen LogP contribution in [0.1, 0.15) is 22.6 Å². The normalized spacial score (nSPS) is 10.6. The van der Waals surface area contributed by atoms with Gasteiger partial charge in [-0.05, 0) is 35.7 Å². The maximum Gasteiger partial charge on any atom is 0.236 e. The Morgan fingerprint density at radius 3 is 1.96 bits per heavy atom. The van der Waals surface area contributed by atoms with Crippen LogP contribution in [0.15, 0.2) is 78.9 Å². The van der Waals surface area contributed by atoms with E-state index in [1.807, 2.05) is 67.6 Å². The topological polar surface area (TPSA) is 29.1 Å². The lowest BCUT2D eigenvalue weighted by atomic mass is 9.90. The lowest BCUT2D eigenvalue weighted by Gasteiger charge is -2.18. The van der Waals surface area contributed by atoms with Gasteiger partial charge >= 0.3 is 0 Å². The minimum Gasteiger partial charge on any atom is -0.323 e. The van der Waals surface area contributed by atoms with E-state index >= 15 is 0 Å². The third kappa shape index (κ3) is 3.51. The van der Waals surface area contributed by atoms with Gasteiger partial charge in [0, 0.05) is 0 Å². The summed E-state index contributed by atoms with van der Waals surface area (Å²) in [5.41, 5.74) is 2.84. The van der Waals surface area contributed by atoms with Gasteiger partial charge in [-0.2, -0.15) is 0 Å². The van der Waals surface area contributed by atoms with E-state index in [-0.39, 0.29) is 11.6 Å². The van der Waals surface area contributed by atoms with Gasteiger partial charge in [0.1, 0.15) is 5.82 Å². The van der Waals surface area contributed by atoms with Crippen molar-refractivity contribution >= 4 is 11.6 Å². The lowest BCUT2D eigenvalue weighted by molar-refractivity contribution is -0.116. The summed E-state index contributed by atoms with van der Waals surface area (Å²) in [6.45, 7) is 1.86. The standard InChI is InChI=1S/C21H18FNO/c1-15-12-13-18(22)19(14-15)23-21(24)20(16-8-4-2-5-9-16)17-10-6-3-7-11-17/h2-14,20H,1H3,(H,23,24). The van der Waals surface area contributed by atoms with E-state index in [2.05, 4.69) is 5.32 Å². The molecule has 0 aromatic heterocycles. The molecule has 0 fully saturated rings. The molecule has 0 saturated heterocycles. The summed E-state index contributed by atoms with van der Waals surface area (Å²) in [4.78, 5) is 12.9. The Kier molecular flexibility index (Phi) is 4.71. The van der Waals surface area contributed by atoms with E-state index in [9.17, 15) is 9.18 Å². The fourth-order valence-electron chi connectivity index (χ4n) is 2.73. The molecule has 1 N–H and O–H groups in total. The molecule has 2 nitrogen and oxygen atoms in total. The molecule has 0 saturated carbocycles. The number of amides is 1. The zero-order chi connectivity index (χ0) is 16.9. The first-order chi connectivity index (χ1) is 11.6. The first-order valence-corrected chi connectivity index (χ1v) is 7.82. The van der Waals surface area contributed by atoms with Gasteiger partial charge in [-0.3, -0.25) is 4.79 Å². The van der Waals surface area contributed by atoms with Crippen molar-refractivity contribution in [3.05, 3.63) is 101 Å². The Morgan fingerprint density at radius 1 is 0.875 bits per heavy atom. The molecular weight excluding hydrogens is 301 g/mol. The molecular formula is C21H18FNO. The average Bonchev–Trinajstić information content (AvgIpc) is 2.60. The van der Waals surface area contributed by atoms with Crippen molar-refractivity contribution in [2.45, 2.75) is 12.8 Å². The summed E-state index contributed by atoms with van der Waals surface area (Å²) in [6, 6.07) is 23.7. The molecule has 3 rings (SSSR count). The van der Waals surface area contributed by atoms with Gasteiger partial charge < -0.3 is 5.32 Å². The fraction of sp³-hybridized carbons (Fsp3) is 0.0952. The number of rotatable bonds is 4. The highest BCUT2D eigenvalue weighted by molar-refractivity contribution is 5.98. The smallest absolute Gasteiger partial charge is 0.236 e. The number of aryl methyl sites for hydroxylation is 1. The number of benzene rings is 3. The highest BCUT2D eigenvalue weighted by Gasteiger charge is 2.23. The summed E-state index contributed by atoms with van der Waals surface area (Å²) in [7, 11) is 0. The maximum absolute atomic E-state index is 14.0. The van der Waals surface area contributed by atoms with Crippen molar-refractivity contribution in [3.63, 3.8) is 0 Å². The van der Waals surface area contributed by atoms with Gasteiger partial charge in [-0.25, -0.2) is 4.39 Å². The first kappa shape index (κ1) is 15.9. The van der Waals surface area contributed by atoms with Crippen LogP contribution in [0.5, 0.6) is 0 Å². The zero-order valence-electron chi connectivity index (χ0n) is 13.4. The molecule has 120 valence electrons. The molecule has 0 heterocycles. The van der Waals surface area contributed by atoms with Crippen LogP contribution in [0.2, 0.25) is 0 Å². The van der Waals surface area contributed by atoms with Crippen molar-refractivity contribution < 1.29 is 9.18 Å². The zero-order valence-corrected chi connectivity index (χ0v) is 13.4. The van der Waals surface area contributed by atoms with Crippen LogP contribution in [0.25, 0.3) is 0 Å². The van der Waals surface area contributed by atoms with E-state index in [4.69, 9.17) is 0 Å². The predicted molar refractivity (Wildman–Crippen MR) is 94.5 cm³/mol. The van der Waals surface area contributed by atoms with E-state index in [1.54, 1.807) is 12.1 Å². The number of hydrogen-bond donors (Lipinski definition) is 1. The van der Waals surface area contributed by atoms with Gasteiger partial charge in [0.15, 0.2) is 0 Å². The predicted octanol–water partition coefficient (Wildman–Crippen LogP) is 4.90. The number of anilines is 1. The third-order valence-electron chi connectivity index (χ3n) is 3.91. The summed E-state index contributed by atoms with van der Waals surface area (Å²) >= 11 is 0. The number of carbonyl (C=O) groups is 1. The minimum absolute atomic E-state index is 0.205. The Labute approximate surface area is 141 Å². The molecule has 0 unspecified atom stereocenters. The van der Waals surface area contributed by atoms with Gasteiger partial charge in [-0.15, -0.1) is 0 Å². The molecule has 1 amide bonds. The summed E-state index contributed by atoms with van der Waals surface area (Å²) in [6.07, 6.45) is 0. The number of carbonyl (C=O) groups excluding carboxylic acids is 1. The minimum atomic E-state index is -0.493. The Morgan fingerprint density at radius 2 is 1.42 bits per heavy atom. The third-order valence-corrected chi connectivity index (χ3v) is 3.91. The van der Waals surface area contributed by atoms with Crippen LogP contribution < -0.4 is 5.32 Å². The molecule has 0 spiro atoms. The van der Waals surface area contributed by atoms with Crippen LogP contribution in [-0.2, 0) is 4.79 Å². The van der Waals surface area contributed by atoms with E-state index in [0.717, 1.165) is 16.7 Å². The molecule has 0 aliphatic carbocycles. The van der Waals surface area contributed by atoms with Crippen molar-refractivity contribution in [1.82, 2.24) is 0 Å². The van der Waals surface area contributed by atoms with E-state index in [1.165, 1.54) is 6.07 Å². The van der Waals surface area contributed by atoms with Crippen LogP contribution in [0.4, 0.5) is 10.1 Å². The summed E-state index contributed by atoms with van der Waals surface area (Å²) in [5.74, 6) is -1.18. The molecule has 3 aromatic rings. The summed E-state index contributed by atoms with van der Waals surface area (Å²) < 4.78 is 14.0. The molecule has 3 aromatic carbocycles. The van der Waals surface area contributed by atoms with Crippen molar-refractivity contribution in [1.29, 1.82) is 0 Å². The lowest BCUT2D eigenvalue weighted by Crippen LogP contribution is -2.22. The molecule has 3 heteroatoms. The van der Waals surface area contributed by atoms with Gasteiger partial charge in [0.25, 0.3) is 0 Å². The maximum atomic E-state index is 14.0. The highest BCUT2D eigenvalue weighted by Crippen LogP contribution is 2.27. The second kappa shape index (κ2) is 7.09. The second-order valence-electron chi connectivity index (χ2n) is 5.73. The SMILES string of the molecule is Cc1ccc(F)c(NC(=O)C(c2ccccc2)c2ccccc2)c1. The molecule has 0 aliphatic rings. The number of halogens is 1. The van der Waals surface area contributed by atoms with Crippen LogP contribution in [-0.4, -0.2) is 5.91 Å². The van der Waals surface area contributed by atoms with Crippen LogP contribution in [0, 0.1) is 12.7 Å². The number of nitrogens with one attached hydrogen (secondary N) is 1. The quantitative estimate of drug-likeness (QED) is 0.728. The van der Waals surface area contributed by atoms with Gasteiger partial charge in [0.2, 0.25) is 5.91 Å². The van der Waals surface area contributed by atoms with Crippen LogP contribution in [0.3, 0.4) is 0 Å². The molecule has 0 atom stereocenters. The second-order valence-corrected chi connectivity index (χ2v) is 5.73. The Hall–Kier alpha value is -2.94.